The summed E-state index contributed by atoms with van der Waals surface area (Å²) in [4.78, 5) is 0. The third kappa shape index (κ3) is 1.65. The first-order valence-corrected chi connectivity index (χ1v) is 4.45. The van der Waals surface area contributed by atoms with Crippen molar-refractivity contribution in [2.24, 2.45) is 12.8 Å². The van der Waals surface area contributed by atoms with Gasteiger partial charge >= 0.3 is 0 Å². The Morgan fingerprint density at radius 3 is 2.93 bits per heavy atom. The molecule has 0 saturated carbocycles. The van der Waals surface area contributed by atoms with E-state index in [0.29, 0.717) is 6.54 Å². The molecule has 4 nitrogen and oxygen atoms in total. The van der Waals surface area contributed by atoms with Crippen LogP contribution in [0.5, 0.6) is 0 Å². The zero-order valence-electron chi connectivity index (χ0n) is 8.01. The predicted molar refractivity (Wildman–Crippen MR) is 54.3 cm³/mol. The second-order valence-corrected chi connectivity index (χ2v) is 3.18. The van der Waals surface area contributed by atoms with Gasteiger partial charge in [-0.15, -0.1) is 5.10 Å². The molecule has 14 heavy (non-hydrogen) atoms. The van der Waals surface area contributed by atoms with Crippen molar-refractivity contribution in [2.45, 2.75) is 6.54 Å². The predicted octanol–water partition coefficient (Wildman–Crippen LogP) is 0.941. The van der Waals surface area contributed by atoms with Crippen LogP contribution < -0.4 is 5.73 Å². The molecule has 1 heterocycles. The van der Waals surface area contributed by atoms with Crippen LogP contribution in [0.15, 0.2) is 30.5 Å². The van der Waals surface area contributed by atoms with E-state index < -0.39 is 0 Å². The van der Waals surface area contributed by atoms with Gasteiger partial charge in [-0.1, -0.05) is 23.4 Å². The zero-order chi connectivity index (χ0) is 9.97. The van der Waals surface area contributed by atoms with E-state index in [0.717, 1.165) is 16.8 Å². The molecule has 0 atom stereocenters. The minimum atomic E-state index is 0.550. The monoisotopic (exact) mass is 188 g/mol. The van der Waals surface area contributed by atoms with Crippen LogP contribution in [0.1, 0.15) is 5.56 Å². The Morgan fingerprint density at radius 1 is 1.43 bits per heavy atom. The van der Waals surface area contributed by atoms with Crippen molar-refractivity contribution in [3.63, 3.8) is 0 Å². The van der Waals surface area contributed by atoms with E-state index in [1.165, 1.54) is 0 Å². The Balaban J connectivity index is 2.41. The molecule has 0 aliphatic heterocycles. The van der Waals surface area contributed by atoms with Gasteiger partial charge in [-0.05, 0) is 11.6 Å². The second kappa shape index (κ2) is 3.59. The third-order valence-electron chi connectivity index (χ3n) is 2.06. The Hall–Kier alpha value is -1.68. The highest BCUT2D eigenvalue weighted by Gasteiger charge is 2.01. The lowest BCUT2D eigenvalue weighted by Gasteiger charge is -1.98. The van der Waals surface area contributed by atoms with Gasteiger partial charge in [-0.2, -0.15) is 0 Å². The molecule has 4 heteroatoms. The van der Waals surface area contributed by atoms with E-state index in [1.807, 2.05) is 37.5 Å². The molecule has 0 unspecified atom stereocenters. The smallest absolute Gasteiger partial charge is 0.113 e. The van der Waals surface area contributed by atoms with Crippen molar-refractivity contribution in [3.8, 4) is 11.3 Å². The van der Waals surface area contributed by atoms with Gasteiger partial charge in [0.2, 0.25) is 0 Å². The van der Waals surface area contributed by atoms with Crippen molar-refractivity contribution >= 4 is 0 Å². The number of hydrogen-bond acceptors (Lipinski definition) is 3. The Labute approximate surface area is 82.4 Å². The number of hydrogen-bond donors (Lipinski definition) is 1. The zero-order valence-corrected chi connectivity index (χ0v) is 8.01. The maximum atomic E-state index is 5.56. The summed E-state index contributed by atoms with van der Waals surface area (Å²) >= 11 is 0. The molecule has 0 fully saturated rings. The summed E-state index contributed by atoms with van der Waals surface area (Å²) in [5, 5.41) is 7.92. The first kappa shape index (κ1) is 8.90. The Kier molecular flexibility index (Phi) is 2.28. The molecule has 0 aliphatic carbocycles. The number of benzene rings is 1. The molecule has 0 amide bonds. The van der Waals surface area contributed by atoms with Gasteiger partial charge in [0.15, 0.2) is 0 Å². The summed E-state index contributed by atoms with van der Waals surface area (Å²) in [6.07, 6.45) is 1.88. The molecule has 2 aromatic rings. The summed E-state index contributed by atoms with van der Waals surface area (Å²) in [5.41, 5.74) is 8.60. The number of nitrogens with two attached hydrogens (primary N) is 1. The SMILES string of the molecule is Cn1cc(-c2cccc(CN)c2)nn1. The molecule has 2 N–H and O–H groups in total. The molecule has 2 rings (SSSR count). The third-order valence-corrected chi connectivity index (χ3v) is 2.06. The molecular weight excluding hydrogens is 176 g/mol. The van der Waals surface area contributed by atoms with E-state index in [-0.39, 0.29) is 0 Å². The lowest BCUT2D eigenvalue weighted by atomic mass is 10.1. The average molecular weight is 188 g/mol. The van der Waals surface area contributed by atoms with E-state index in [4.69, 9.17) is 5.73 Å². The Morgan fingerprint density at radius 2 is 2.29 bits per heavy atom. The van der Waals surface area contributed by atoms with Crippen LogP contribution in [0.25, 0.3) is 11.3 Å². The molecule has 0 aliphatic rings. The van der Waals surface area contributed by atoms with E-state index in [2.05, 4.69) is 10.3 Å². The van der Waals surface area contributed by atoms with Crippen molar-refractivity contribution < 1.29 is 0 Å². The van der Waals surface area contributed by atoms with E-state index >= 15 is 0 Å². The fraction of sp³-hybridized carbons (Fsp3) is 0.200. The van der Waals surface area contributed by atoms with Crippen LogP contribution >= 0.6 is 0 Å². The van der Waals surface area contributed by atoms with Gasteiger partial charge in [0, 0.05) is 19.2 Å². The van der Waals surface area contributed by atoms with Crippen LogP contribution in [-0.4, -0.2) is 15.0 Å². The topological polar surface area (TPSA) is 56.7 Å². The largest absolute Gasteiger partial charge is 0.326 e. The van der Waals surface area contributed by atoms with Crippen molar-refractivity contribution in [2.75, 3.05) is 0 Å². The maximum absolute atomic E-state index is 5.56. The van der Waals surface area contributed by atoms with Crippen LogP contribution in [0.3, 0.4) is 0 Å². The molecule has 0 bridgehead atoms. The van der Waals surface area contributed by atoms with E-state index in [9.17, 15) is 0 Å². The number of rotatable bonds is 2. The molecule has 0 saturated heterocycles. The molecule has 0 radical (unpaired) electrons. The van der Waals surface area contributed by atoms with Crippen LogP contribution in [0.2, 0.25) is 0 Å². The fourth-order valence-electron chi connectivity index (χ4n) is 1.34. The molecule has 1 aromatic heterocycles. The first-order chi connectivity index (χ1) is 6.79. The average Bonchev–Trinajstić information content (AvgIpc) is 2.65. The van der Waals surface area contributed by atoms with Crippen LogP contribution in [0, 0.1) is 0 Å². The first-order valence-electron chi connectivity index (χ1n) is 4.45. The van der Waals surface area contributed by atoms with Crippen molar-refractivity contribution in [1.29, 1.82) is 0 Å². The summed E-state index contributed by atoms with van der Waals surface area (Å²) < 4.78 is 1.68. The summed E-state index contributed by atoms with van der Waals surface area (Å²) in [6.45, 7) is 0.550. The lowest BCUT2D eigenvalue weighted by molar-refractivity contribution is 0.715. The maximum Gasteiger partial charge on any atom is 0.113 e. The highest BCUT2D eigenvalue weighted by atomic mass is 15.4. The van der Waals surface area contributed by atoms with Crippen molar-refractivity contribution in [1.82, 2.24) is 15.0 Å². The van der Waals surface area contributed by atoms with Gasteiger partial charge in [0.25, 0.3) is 0 Å². The highest BCUT2D eigenvalue weighted by molar-refractivity contribution is 5.58. The van der Waals surface area contributed by atoms with Crippen LogP contribution in [0.4, 0.5) is 0 Å². The summed E-state index contributed by atoms with van der Waals surface area (Å²) in [6, 6.07) is 8.01. The minimum absolute atomic E-state index is 0.550. The van der Waals surface area contributed by atoms with Gasteiger partial charge in [0.05, 0.1) is 6.20 Å². The van der Waals surface area contributed by atoms with Crippen molar-refractivity contribution in [3.05, 3.63) is 36.0 Å². The standard InChI is InChI=1S/C10H12N4/c1-14-7-10(12-13-14)9-4-2-3-8(5-9)6-11/h2-5,7H,6,11H2,1H3. The fourth-order valence-corrected chi connectivity index (χ4v) is 1.34. The van der Waals surface area contributed by atoms with Gasteiger partial charge < -0.3 is 5.73 Å². The number of aryl methyl sites for hydroxylation is 1. The minimum Gasteiger partial charge on any atom is -0.326 e. The number of nitrogens with zero attached hydrogens (tertiary/aromatic N) is 3. The van der Waals surface area contributed by atoms with Gasteiger partial charge in [-0.25, -0.2) is 0 Å². The molecule has 72 valence electrons. The lowest BCUT2D eigenvalue weighted by Crippen LogP contribution is -1.95. The van der Waals surface area contributed by atoms with Gasteiger partial charge in [0.1, 0.15) is 5.69 Å². The normalized spacial score (nSPS) is 10.4. The highest BCUT2D eigenvalue weighted by Crippen LogP contribution is 2.16. The molecular formula is C10H12N4. The summed E-state index contributed by atoms with van der Waals surface area (Å²) in [5.74, 6) is 0. The van der Waals surface area contributed by atoms with E-state index in [1.54, 1.807) is 4.68 Å². The second-order valence-electron chi connectivity index (χ2n) is 3.18. The van der Waals surface area contributed by atoms with Gasteiger partial charge in [-0.3, -0.25) is 4.68 Å². The summed E-state index contributed by atoms with van der Waals surface area (Å²) in [7, 11) is 1.85. The molecule has 0 spiro atoms. The number of aromatic nitrogens is 3. The van der Waals surface area contributed by atoms with Crippen LogP contribution in [-0.2, 0) is 13.6 Å². The molecule has 1 aromatic carbocycles. The Bertz CT molecular complexity index is 433. The quantitative estimate of drug-likeness (QED) is 0.763.